The summed E-state index contributed by atoms with van der Waals surface area (Å²) in [4.78, 5) is 0. The van der Waals surface area contributed by atoms with Gasteiger partial charge >= 0.3 is 0 Å². The third kappa shape index (κ3) is 3.80. The molecule has 0 saturated heterocycles. The Labute approximate surface area is 136 Å². The fourth-order valence-electron chi connectivity index (χ4n) is 3.12. The third-order valence-electron chi connectivity index (χ3n) is 4.90. The first-order valence-electron chi connectivity index (χ1n) is 8.78. The molecule has 0 spiro atoms. The molecule has 0 aliphatic rings. The van der Waals surface area contributed by atoms with Crippen LogP contribution in [-0.4, -0.2) is 0 Å². The zero-order chi connectivity index (χ0) is 16.0. The van der Waals surface area contributed by atoms with Crippen molar-refractivity contribution in [3.05, 3.63) is 59.7 Å². The smallest absolute Gasteiger partial charge is 0.0103 e. The second-order valence-corrected chi connectivity index (χ2v) is 6.89. The highest BCUT2D eigenvalue weighted by atomic mass is 14.3. The van der Waals surface area contributed by atoms with Gasteiger partial charge in [0.1, 0.15) is 0 Å². The summed E-state index contributed by atoms with van der Waals surface area (Å²) in [6, 6.07) is 17.7. The van der Waals surface area contributed by atoms with Crippen LogP contribution in [0.3, 0.4) is 0 Å². The summed E-state index contributed by atoms with van der Waals surface area (Å²) in [6.45, 7) is 9.33. The molecule has 0 heteroatoms. The quantitative estimate of drug-likeness (QED) is 0.494. The van der Waals surface area contributed by atoms with E-state index < -0.39 is 0 Å². The van der Waals surface area contributed by atoms with Crippen LogP contribution < -0.4 is 0 Å². The van der Waals surface area contributed by atoms with Gasteiger partial charge in [0.2, 0.25) is 0 Å². The van der Waals surface area contributed by atoms with Crippen LogP contribution in [-0.2, 0) is 11.8 Å². The number of rotatable bonds is 7. The molecule has 2 rings (SSSR count). The Hall–Kier alpha value is -1.56. The fourth-order valence-corrected chi connectivity index (χ4v) is 3.12. The van der Waals surface area contributed by atoms with Gasteiger partial charge in [0.15, 0.2) is 0 Å². The molecule has 0 bridgehead atoms. The van der Waals surface area contributed by atoms with Gasteiger partial charge in [-0.25, -0.2) is 0 Å². The van der Waals surface area contributed by atoms with Crippen molar-refractivity contribution < 1.29 is 0 Å². The molecule has 0 atom stereocenters. The van der Waals surface area contributed by atoms with Crippen LogP contribution in [0.15, 0.2) is 48.5 Å². The van der Waals surface area contributed by atoms with Crippen LogP contribution >= 0.6 is 0 Å². The van der Waals surface area contributed by atoms with Crippen LogP contribution in [0.5, 0.6) is 0 Å². The zero-order valence-electron chi connectivity index (χ0n) is 14.7. The van der Waals surface area contributed by atoms with Crippen molar-refractivity contribution in [1.82, 2.24) is 0 Å². The lowest BCUT2D eigenvalue weighted by atomic mass is 9.76. The van der Waals surface area contributed by atoms with Crippen LogP contribution in [0.4, 0.5) is 0 Å². The van der Waals surface area contributed by atoms with Crippen molar-refractivity contribution >= 4 is 0 Å². The highest BCUT2D eigenvalue weighted by Gasteiger charge is 2.23. The first-order valence-corrected chi connectivity index (χ1v) is 8.78. The van der Waals surface area contributed by atoms with Gasteiger partial charge in [0.25, 0.3) is 0 Å². The molecule has 0 aliphatic carbocycles. The molecule has 0 heterocycles. The van der Waals surface area contributed by atoms with Gasteiger partial charge in [-0.3, -0.25) is 0 Å². The molecule has 0 radical (unpaired) electrons. The molecular weight excluding hydrogens is 264 g/mol. The summed E-state index contributed by atoms with van der Waals surface area (Å²) >= 11 is 0. The van der Waals surface area contributed by atoms with Crippen LogP contribution in [0.1, 0.15) is 64.5 Å². The first-order chi connectivity index (χ1) is 10.6. The molecule has 118 valence electrons. The SMILES string of the molecule is CCCCCc1c(-c2ccccc2)cccc1C(C)(C)CC. The summed E-state index contributed by atoms with van der Waals surface area (Å²) in [5.74, 6) is 0. The number of hydrogen-bond acceptors (Lipinski definition) is 0. The van der Waals surface area contributed by atoms with E-state index in [0.717, 1.165) is 0 Å². The van der Waals surface area contributed by atoms with E-state index in [4.69, 9.17) is 0 Å². The Bertz CT molecular complexity index is 578. The number of benzene rings is 2. The van der Waals surface area contributed by atoms with Crippen molar-refractivity contribution in [2.24, 2.45) is 0 Å². The second kappa shape index (κ2) is 7.63. The van der Waals surface area contributed by atoms with E-state index in [2.05, 4.69) is 76.2 Å². The van der Waals surface area contributed by atoms with E-state index in [1.807, 2.05) is 0 Å². The Kier molecular flexibility index (Phi) is 5.83. The summed E-state index contributed by atoms with van der Waals surface area (Å²) in [5, 5.41) is 0. The van der Waals surface area contributed by atoms with E-state index in [0.29, 0.717) is 0 Å². The maximum Gasteiger partial charge on any atom is -0.0103 e. The molecule has 2 aromatic carbocycles. The minimum Gasteiger partial charge on any atom is -0.0654 e. The molecule has 0 N–H and O–H groups in total. The molecular formula is C22H30. The molecule has 0 aromatic heterocycles. The second-order valence-electron chi connectivity index (χ2n) is 6.89. The van der Waals surface area contributed by atoms with Crippen molar-refractivity contribution in [2.45, 2.75) is 65.2 Å². The molecule has 0 amide bonds. The minimum atomic E-state index is 0.242. The van der Waals surface area contributed by atoms with Crippen molar-refractivity contribution in [3.8, 4) is 11.1 Å². The predicted octanol–water partition coefficient (Wildman–Crippen LogP) is 6.77. The van der Waals surface area contributed by atoms with Gasteiger partial charge in [-0.2, -0.15) is 0 Å². The predicted molar refractivity (Wildman–Crippen MR) is 98.4 cm³/mol. The van der Waals surface area contributed by atoms with Gasteiger partial charge in [-0.1, -0.05) is 89.1 Å². The Balaban J connectivity index is 2.51. The normalized spacial score (nSPS) is 11.6. The average molecular weight is 294 g/mol. The van der Waals surface area contributed by atoms with E-state index in [1.54, 1.807) is 5.56 Å². The van der Waals surface area contributed by atoms with Crippen molar-refractivity contribution in [3.63, 3.8) is 0 Å². The number of hydrogen-bond donors (Lipinski definition) is 0. The van der Waals surface area contributed by atoms with Crippen LogP contribution in [0, 0.1) is 0 Å². The van der Waals surface area contributed by atoms with Crippen molar-refractivity contribution in [2.75, 3.05) is 0 Å². The molecule has 0 unspecified atom stereocenters. The van der Waals surface area contributed by atoms with Gasteiger partial charge in [0.05, 0.1) is 0 Å². The van der Waals surface area contributed by atoms with Gasteiger partial charge in [0, 0.05) is 0 Å². The third-order valence-corrected chi connectivity index (χ3v) is 4.90. The topological polar surface area (TPSA) is 0 Å². The van der Waals surface area contributed by atoms with Crippen LogP contribution in [0.2, 0.25) is 0 Å². The van der Waals surface area contributed by atoms with E-state index in [-0.39, 0.29) is 5.41 Å². The maximum atomic E-state index is 2.38. The molecule has 0 nitrogen and oxygen atoms in total. The Morgan fingerprint density at radius 2 is 1.55 bits per heavy atom. The summed E-state index contributed by atoms with van der Waals surface area (Å²) in [5.41, 5.74) is 6.12. The van der Waals surface area contributed by atoms with Gasteiger partial charge < -0.3 is 0 Å². The highest BCUT2D eigenvalue weighted by molar-refractivity contribution is 5.69. The van der Waals surface area contributed by atoms with E-state index in [9.17, 15) is 0 Å². The summed E-state index contributed by atoms with van der Waals surface area (Å²) < 4.78 is 0. The Morgan fingerprint density at radius 3 is 2.18 bits per heavy atom. The lowest BCUT2D eigenvalue weighted by Crippen LogP contribution is -2.18. The monoisotopic (exact) mass is 294 g/mol. The highest BCUT2D eigenvalue weighted by Crippen LogP contribution is 2.36. The van der Waals surface area contributed by atoms with E-state index >= 15 is 0 Å². The largest absolute Gasteiger partial charge is 0.0654 e. The molecule has 0 saturated carbocycles. The minimum absolute atomic E-state index is 0.242. The van der Waals surface area contributed by atoms with Gasteiger partial charge in [-0.15, -0.1) is 0 Å². The fraction of sp³-hybridized carbons (Fsp3) is 0.455. The van der Waals surface area contributed by atoms with Crippen LogP contribution in [0.25, 0.3) is 11.1 Å². The van der Waals surface area contributed by atoms with Gasteiger partial charge in [-0.05, 0) is 46.9 Å². The summed E-state index contributed by atoms with van der Waals surface area (Å²) in [7, 11) is 0. The van der Waals surface area contributed by atoms with Crippen molar-refractivity contribution in [1.29, 1.82) is 0 Å². The molecule has 0 aliphatic heterocycles. The molecule has 2 aromatic rings. The summed E-state index contributed by atoms with van der Waals surface area (Å²) in [6.07, 6.45) is 6.24. The molecule has 22 heavy (non-hydrogen) atoms. The Morgan fingerprint density at radius 1 is 0.818 bits per heavy atom. The standard InChI is InChI=1S/C22H30/c1-5-7-9-15-20-19(18-13-10-8-11-14-18)16-12-17-21(20)22(3,4)6-2/h8,10-14,16-17H,5-7,9,15H2,1-4H3. The first kappa shape index (κ1) is 16.8. The molecule has 0 fully saturated rings. The lowest BCUT2D eigenvalue weighted by molar-refractivity contribution is 0.500. The number of unbranched alkanes of at least 4 members (excludes halogenated alkanes) is 2. The lowest BCUT2D eigenvalue weighted by Gasteiger charge is -2.28. The van der Waals surface area contributed by atoms with E-state index in [1.165, 1.54) is 48.8 Å². The maximum absolute atomic E-state index is 2.38. The average Bonchev–Trinajstić information content (AvgIpc) is 2.56. The zero-order valence-corrected chi connectivity index (χ0v) is 14.7.